The van der Waals surface area contributed by atoms with Crippen molar-refractivity contribution in [3.05, 3.63) is 33.9 Å². The second-order valence-corrected chi connectivity index (χ2v) is 10.8. The molecule has 0 fully saturated rings. The molecule has 5 amide bonds. The summed E-state index contributed by atoms with van der Waals surface area (Å²) in [6.45, 7) is 0.0954. The van der Waals surface area contributed by atoms with Crippen molar-refractivity contribution in [2.75, 3.05) is 18.8 Å². The quantitative estimate of drug-likeness (QED) is 0.0381. The van der Waals surface area contributed by atoms with Crippen LogP contribution in [0.3, 0.4) is 0 Å². The van der Waals surface area contributed by atoms with Crippen molar-refractivity contribution in [1.82, 2.24) is 26.7 Å². The Bertz CT molecular complexity index is 1450. The summed E-state index contributed by atoms with van der Waals surface area (Å²) in [5, 5.41) is 30.7. The van der Waals surface area contributed by atoms with Gasteiger partial charge in [-0.2, -0.15) is 5.48 Å². The molecule has 0 aliphatic carbocycles. The van der Waals surface area contributed by atoms with Gasteiger partial charge in [0, 0.05) is 54.6 Å². The third kappa shape index (κ3) is 13.7. The van der Waals surface area contributed by atoms with Gasteiger partial charge in [0.25, 0.3) is 11.6 Å². The summed E-state index contributed by atoms with van der Waals surface area (Å²) in [4.78, 5) is 95.7. The largest absolute Gasteiger partial charge is 0.481 e. The summed E-state index contributed by atoms with van der Waals surface area (Å²) >= 11 is 0.922. The standard InChI is InChI=1S/C28H33N7O11S/c1-2-3-14-45-46-31-12-5-4-6-19-27(41)34-21(26(40)30-13-11-23(29)36)16-47-22-9-7-17(35(43)44)15-18(22)25(39)32-20(28(42)33-19)8-10-24(37)38/h1,7,9,15,19-21,31H,4-6,8,10-13,16H2,(H2,29,36)(H,30,40)(H,32,39)(H,33,42)(H,34,41)(H,37,38)/t19-,20-,21-/m0/s1. The summed E-state index contributed by atoms with van der Waals surface area (Å²) in [6, 6.07) is -0.556. The predicted molar refractivity (Wildman–Crippen MR) is 163 cm³/mol. The number of nitrogens with zero attached hydrogens (tertiary/aromatic N) is 1. The van der Waals surface area contributed by atoms with E-state index in [-0.39, 0.29) is 48.6 Å². The van der Waals surface area contributed by atoms with E-state index in [1.807, 2.05) is 5.92 Å². The van der Waals surface area contributed by atoms with Gasteiger partial charge in [0.2, 0.25) is 23.6 Å². The SMILES string of the molecule is C#CC#COONCCCC[C@@H]1NC(=O)[C@H](CCC(=O)O)NC(=O)c2cc([N+](=O)[O-])ccc2SC[C@@H](C(=O)NCCC(N)=O)NC1=O. The molecule has 0 spiro atoms. The lowest BCUT2D eigenvalue weighted by Crippen LogP contribution is -2.57. The molecule has 1 heterocycles. The molecule has 19 heteroatoms. The number of amides is 5. The Morgan fingerprint density at radius 3 is 2.49 bits per heavy atom. The van der Waals surface area contributed by atoms with Crippen LogP contribution in [0.2, 0.25) is 0 Å². The molecule has 0 aromatic heterocycles. The number of nitrogens with two attached hydrogens (primary N) is 1. The first-order valence-corrected chi connectivity index (χ1v) is 15.0. The molecule has 0 radical (unpaired) electrons. The van der Waals surface area contributed by atoms with Gasteiger partial charge in [0.1, 0.15) is 18.1 Å². The van der Waals surface area contributed by atoms with Gasteiger partial charge in [-0.15, -0.1) is 18.2 Å². The van der Waals surface area contributed by atoms with E-state index in [1.54, 1.807) is 0 Å². The van der Waals surface area contributed by atoms with Gasteiger partial charge in [0.05, 0.1) is 10.5 Å². The van der Waals surface area contributed by atoms with E-state index in [1.165, 1.54) is 6.07 Å². The second-order valence-electron chi connectivity index (χ2n) is 9.76. The zero-order valence-electron chi connectivity index (χ0n) is 24.9. The van der Waals surface area contributed by atoms with Crippen molar-refractivity contribution in [3.8, 4) is 24.4 Å². The fourth-order valence-corrected chi connectivity index (χ4v) is 5.05. The molecule has 2 rings (SSSR count). The van der Waals surface area contributed by atoms with Crippen LogP contribution in [0.1, 0.15) is 48.9 Å². The predicted octanol–water partition coefficient (Wildman–Crippen LogP) is -1.16. The summed E-state index contributed by atoms with van der Waals surface area (Å²) in [7, 11) is 0. The Morgan fingerprint density at radius 2 is 1.81 bits per heavy atom. The molecule has 8 N–H and O–H groups in total. The number of terminal acetylenes is 1. The van der Waals surface area contributed by atoms with Crippen LogP contribution in [0.5, 0.6) is 0 Å². The maximum absolute atomic E-state index is 13.5. The van der Waals surface area contributed by atoms with Crippen molar-refractivity contribution >= 4 is 53.0 Å². The lowest BCUT2D eigenvalue weighted by molar-refractivity contribution is -0.384. The fraction of sp³-hybridized carbons (Fsp3) is 0.429. The molecule has 252 valence electrons. The number of fused-ring (bicyclic) bond motifs is 1. The van der Waals surface area contributed by atoms with Crippen molar-refractivity contribution in [1.29, 1.82) is 0 Å². The second kappa shape index (κ2) is 19.9. The summed E-state index contributed by atoms with van der Waals surface area (Å²) < 4.78 is 0. The van der Waals surface area contributed by atoms with Crippen molar-refractivity contribution < 1.29 is 48.7 Å². The van der Waals surface area contributed by atoms with E-state index in [9.17, 15) is 44.0 Å². The van der Waals surface area contributed by atoms with Gasteiger partial charge < -0.3 is 32.1 Å². The number of nitrogens with one attached hydrogen (secondary N) is 5. The number of nitro groups is 1. The number of aliphatic carboxylic acids is 1. The third-order valence-electron chi connectivity index (χ3n) is 6.32. The number of carbonyl (C=O) groups excluding carboxylic acids is 5. The topological polar surface area (TPSA) is 270 Å². The van der Waals surface area contributed by atoms with E-state index in [0.717, 1.165) is 23.9 Å². The fourth-order valence-electron chi connectivity index (χ4n) is 4.00. The van der Waals surface area contributed by atoms with Crippen LogP contribution in [-0.2, 0) is 33.8 Å². The number of unbranched alkanes of at least 4 members (excludes halogenated alkanes) is 1. The molecular weight excluding hydrogens is 642 g/mol. The average molecular weight is 676 g/mol. The van der Waals surface area contributed by atoms with Crippen LogP contribution >= 0.6 is 11.8 Å². The van der Waals surface area contributed by atoms with E-state index < -0.39 is 70.7 Å². The number of benzene rings is 1. The molecule has 0 bridgehead atoms. The number of thioether (sulfide) groups is 1. The minimum absolute atomic E-state index is 0.0339. The van der Waals surface area contributed by atoms with Crippen LogP contribution in [0.15, 0.2) is 23.1 Å². The molecule has 1 aliphatic rings. The Labute approximate surface area is 272 Å². The Morgan fingerprint density at radius 1 is 1.09 bits per heavy atom. The van der Waals surface area contributed by atoms with Gasteiger partial charge in [-0.3, -0.25) is 43.8 Å². The molecule has 18 nitrogen and oxygen atoms in total. The van der Waals surface area contributed by atoms with Crippen LogP contribution in [0.25, 0.3) is 0 Å². The number of hydroxylamine groups is 1. The van der Waals surface area contributed by atoms with Crippen molar-refractivity contribution in [2.24, 2.45) is 5.73 Å². The first-order chi connectivity index (χ1) is 22.4. The van der Waals surface area contributed by atoms with Gasteiger partial charge >= 0.3 is 5.97 Å². The summed E-state index contributed by atoms with van der Waals surface area (Å²) in [5.41, 5.74) is 6.95. The summed E-state index contributed by atoms with van der Waals surface area (Å²) in [6.07, 6.45) is 6.69. The molecule has 3 atom stereocenters. The Balaban J connectivity index is 2.38. The zero-order valence-corrected chi connectivity index (χ0v) is 25.7. The van der Waals surface area contributed by atoms with Gasteiger partial charge in [-0.05, 0) is 37.7 Å². The molecule has 0 saturated carbocycles. The van der Waals surface area contributed by atoms with E-state index in [4.69, 9.17) is 12.2 Å². The highest BCUT2D eigenvalue weighted by Gasteiger charge is 2.32. The number of carboxylic acid groups (broad SMARTS) is 1. The van der Waals surface area contributed by atoms with Crippen LogP contribution in [-0.4, -0.2) is 82.5 Å². The number of nitro benzene ring substituents is 1. The average Bonchev–Trinajstić information content (AvgIpc) is 3.02. The lowest BCUT2D eigenvalue weighted by atomic mass is 10.1. The molecule has 1 aromatic carbocycles. The maximum Gasteiger partial charge on any atom is 0.303 e. The number of non-ortho nitro benzene ring substituents is 1. The highest BCUT2D eigenvalue weighted by atomic mass is 32.2. The normalized spacial score (nSPS) is 18.0. The molecule has 0 saturated heterocycles. The first kappa shape index (κ1) is 37.8. The van der Waals surface area contributed by atoms with Gasteiger partial charge in [-0.1, -0.05) is 4.99 Å². The van der Waals surface area contributed by atoms with E-state index >= 15 is 0 Å². The lowest BCUT2D eigenvalue weighted by Gasteiger charge is -2.24. The Kier molecular flexibility index (Phi) is 16.0. The monoisotopic (exact) mass is 675 g/mol. The third-order valence-corrected chi connectivity index (χ3v) is 7.48. The molecule has 0 unspecified atom stereocenters. The molecule has 1 aromatic rings. The highest BCUT2D eigenvalue weighted by Crippen LogP contribution is 2.28. The molecule has 1 aliphatic heterocycles. The van der Waals surface area contributed by atoms with Gasteiger partial charge in [0.15, 0.2) is 6.11 Å². The molecule has 47 heavy (non-hydrogen) atoms. The zero-order chi connectivity index (χ0) is 34.8. The van der Waals surface area contributed by atoms with Crippen LogP contribution in [0.4, 0.5) is 5.69 Å². The van der Waals surface area contributed by atoms with Crippen molar-refractivity contribution in [3.63, 3.8) is 0 Å². The highest BCUT2D eigenvalue weighted by molar-refractivity contribution is 7.99. The number of rotatable bonds is 15. The number of carbonyl (C=O) groups is 6. The number of primary amides is 1. The smallest absolute Gasteiger partial charge is 0.303 e. The number of carboxylic acids is 1. The van der Waals surface area contributed by atoms with E-state index in [2.05, 4.69) is 48.7 Å². The Hall–Kier alpha value is -5.37. The van der Waals surface area contributed by atoms with Crippen molar-refractivity contribution in [2.45, 2.75) is 61.5 Å². The minimum atomic E-state index is -1.45. The minimum Gasteiger partial charge on any atom is -0.481 e. The van der Waals surface area contributed by atoms with E-state index in [0.29, 0.717) is 12.8 Å². The summed E-state index contributed by atoms with van der Waals surface area (Å²) in [5.74, 6) is -1.20. The maximum atomic E-state index is 13.5. The first-order valence-electron chi connectivity index (χ1n) is 14.0. The number of hydrogen-bond acceptors (Lipinski definition) is 12. The van der Waals surface area contributed by atoms with Crippen LogP contribution < -0.4 is 32.5 Å². The van der Waals surface area contributed by atoms with Crippen LogP contribution in [0, 0.1) is 34.5 Å². The molecular formula is C28H33N7O11S. The number of hydrogen-bond donors (Lipinski definition) is 7. The van der Waals surface area contributed by atoms with Gasteiger partial charge in [-0.25, -0.2) is 0 Å².